The molecule has 2 N–H and O–H groups in total. The largest absolute Gasteiger partial charge is 0.427 e. The molecule has 3 nitrogen and oxygen atoms in total. The lowest BCUT2D eigenvalue weighted by Gasteiger charge is -2.19. The lowest BCUT2D eigenvalue weighted by molar-refractivity contribution is -0.131. The van der Waals surface area contributed by atoms with Gasteiger partial charge in [-0.2, -0.15) is 0 Å². The van der Waals surface area contributed by atoms with Crippen molar-refractivity contribution >= 4 is 18.4 Å². The molecule has 0 bridgehead atoms. The minimum Gasteiger partial charge on any atom is -0.427 e. The van der Waals surface area contributed by atoms with Crippen molar-refractivity contribution in [1.82, 2.24) is 0 Å². The standard InChI is InChI=1S/C14H19NO2.ClH/c1-10(16)17-13-8-4-7-12(9-13)14(15)11-5-2-3-6-11;/h4,7-9,11,14H,2-3,5-6,15H2,1H3;1H/t14-;/m0./s1. The number of nitrogens with two attached hydrogens (primary N) is 1. The molecule has 0 saturated heterocycles. The average molecular weight is 270 g/mol. The second-order valence-corrected chi connectivity index (χ2v) is 4.74. The zero-order valence-electron chi connectivity index (χ0n) is 10.6. The Bertz CT molecular complexity index is 403. The maximum atomic E-state index is 10.9. The molecule has 0 radical (unpaired) electrons. The molecule has 1 atom stereocenters. The summed E-state index contributed by atoms with van der Waals surface area (Å²) >= 11 is 0. The molecule has 100 valence electrons. The summed E-state index contributed by atoms with van der Waals surface area (Å²) in [5.41, 5.74) is 7.32. The summed E-state index contributed by atoms with van der Waals surface area (Å²) < 4.78 is 5.07. The summed E-state index contributed by atoms with van der Waals surface area (Å²) in [5.74, 6) is 0.864. The topological polar surface area (TPSA) is 52.3 Å². The SMILES string of the molecule is CC(=O)Oc1cccc([C@@H](N)C2CCCC2)c1.Cl. The van der Waals surface area contributed by atoms with Gasteiger partial charge in [0, 0.05) is 13.0 Å². The zero-order chi connectivity index (χ0) is 12.3. The minimum absolute atomic E-state index is 0. The Kier molecular flexibility index (Phi) is 5.63. The summed E-state index contributed by atoms with van der Waals surface area (Å²) in [5, 5.41) is 0. The minimum atomic E-state index is -0.295. The van der Waals surface area contributed by atoms with Crippen molar-refractivity contribution in [1.29, 1.82) is 0 Å². The predicted octanol–water partition coefficient (Wildman–Crippen LogP) is 3.22. The molecule has 4 heteroatoms. The number of hydrogen-bond donors (Lipinski definition) is 1. The van der Waals surface area contributed by atoms with Gasteiger partial charge < -0.3 is 10.5 Å². The van der Waals surface area contributed by atoms with E-state index >= 15 is 0 Å². The van der Waals surface area contributed by atoms with Crippen LogP contribution in [-0.4, -0.2) is 5.97 Å². The second-order valence-electron chi connectivity index (χ2n) is 4.74. The van der Waals surface area contributed by atoms with Crippen molar-refractivity contribution in [2.45, 2.75) is 38.6 Å². The van der Waals surface area contributed by atoms with E-state index in [1.807, 2.05) is 18.2 Å². The molecule has 0 unspecified atom stereocenters. The van der Waals surface area contributed by atoms with Gasteiger partial charge in [0.05, 0.1) is 0 Å². The molecule has 0 spiro atoms. The highest BCUT2D eigenvalue weighted by Gasteiger charge is 2.23. The number of halogens is 1. The summed E-state index contributed by atoms with van der Waals surface area (Å²) in [6.45, 7) is 1.41. The van der Waals surface area contributed by atoms with Gasteiger partial charge in [-0.3, -0.25) is 4.79 Å². The Hall–Kier alpha value is -1.06. The molecule has 1 aromatic rings. The van der Waals surface area contributed by atoms with Crippen LogP contribution in [0.15, 0.2) is 24.3 Å². The van der Waals surface area contributed by atoms with E-state index in [1.165, 1.54) is 32.6 Å². The van der Waals surface area contributed by atoms with Gasteiger partial charge in [0.1, 0.15) is 5.75 Å². The number of carbonyl (C=O) groups is 1. The van der Waals surface area contributed by atoms with Crippen LogP contribution in [0.25, 0.3) is 0 Å². The Morgan fingerprint density at radius 3 is 2.67 bits per heavy atom. The van der Waals surface area contributed by atoms with Crippen molar-refractivity contribution < 1.29 is 9.53 Å². The quantitative estimate of drug-likeness (QED) is 0.677. The first-order chi connectivity index (χ1) is 8.16. The fourth-order valence-corrected chi connectivity index (χ4v) is 2.54. The van der Waals surface area contributed by atoms with E-state index in [1.54, 1.807) is 6.07 Å². The van der Waals surface area contributed by atoms with E-state index in [-0.39, 0.29) is 24.4 Å². The van der Waals surface area contributed by atoms with Gasteiger partial charge in [-0.25, -0.2) is 0 Å². The van der Waals surface area contributed by atoms with Crippen LogP contribution in [0, 0.1) is 5.92 Å². The smallest absolute Gasteiger partial charge is 0.308 e. The Morgan fingerprint density at radius 1 is 1.39 bits per heavy atom. The van der Waals surface area contributed by atoms with Gasteiger partial charge in [-0.05, 0) is 36.5 Å². The number of benzene rings is 1. The van der Waals surface area contributed by atoms with E-state index in [2.05, 4.69) is 0 Å². The van der Waals surface area contributed by atoms with Crippen molar-refractivity contribution in [3.8, 4) is 5.75 Å². The first kappa shape index (κ1) is 15.0. The molecule has 0 aliphatic heterocycles. The van der Waals surface area contributed by atoms with Crippen LogP contribution < -0.4 is 10.5 Å². The fraction of sp³-hybridized carbons (Fsp3) is 0.500. The van der Waals surface area contributed by atoms with Crippen LogP contribution in [0.1, 0.15) is 44.2 Å². The number of rotatable bonds is 3. The molecular formula is C14H20ClNO2. The maximum Gasteiger partial charge on any atom is 0.308 e. The van der Waals surface area contributed by atoms with Gasteiger partial charge in [0.25, 0.3) is 0 Å². The summed E-state index contributed by atoms with van der Waals surface area (Å²) in [4.78, 5) is 10.9. The van der Waals surface area contributed by atoms with Crippen LogP contribution in [-0.2, 0) is 4.79 Å². The molecule has 18 heavy (non-hydrogen) atoms. The normalized spacial score (nSPS) is 17.0. The van der Waals surface area contributed by atoms with Crippen molar-refractivity contribution in [3.63, 3.8) is 0 Å². The first-order valence-electron chi connectivity index (χ1n) is 6.21. The third-order valence-electron chi connectivity index (χ3n) is 3.41. The molecule has 0 aromatic heterocycles. The number of ether oxygens (including phenoxy) is 1. The monoisotopic (exact) mass is 269 g/mol. The number of carbonyl (C=O) groups excluding carboxylic acids is 1. The van der Waals surface area contributed by atoms with Gasteiger partial charge in [0.2, 0.25) is 0 Å². The summed E-state index contributed by atoms with van der Waals surface area (Å²) in [6, 6.07) is 7.63. The van der Waals surface area contributed by atoms with E-state index in [0.29, 0.717) is 11.7 Å². The van der Waals surface area contributed by atoms with E-state index in [0.717, 1.165) is 5.56 Å². The Morgan fingerprint density at radius 2 is 2.06 bits per heavy atom. The molecule has 0 heterocycles. The van der Waals surface area contributed by atoms with Crippen molar-refractivity contribution in [2.75, 3.05) is 0 Å². The third-order valence-corrected chi connectivity index (χ3v) is 3.41. The molecule has 1 saturated carbocycles. The fourth-order valence-electron chi connectivity index (χ4n) is 2.54. The summed E-state index contributed by atoms with van der Waals surface area (Å²) in [6.07, 6.45) is 4.97. The molecular weight excluding hydrogens is 250 g/mol. The lowest BCUT2D eigenvalue weighted by Crippen LogP contribution is -2.19. The van der Waals surface area contributed by atoms with Gasteiger partial charge in [-0.1, -0.05) is 25.0 Å². The second kappa shape index (κ2) is 6.76. The van der Waals surface area contributed by atoms with Gasteiger partial charge >= 0.3 is 5.97 Å². The van der Waals surface area contributed by atoms with Crippen LogP contribution >= 0.6 is 12.4 Å². The average Bonchev–Trinajstić information content (AvgIpc) is 2.81. The molecule has 1 aromatic carbocycles. The van der Waals surface area contributed by atoms with E-state index < -0.39 is 0 Å². The molecule has 2 rings (SSSR count). The molecule has 1 aliphatic rings. The Labute approximate surface area is 114 Å². The molecule has 1 aliphatic carbocycles. The van der Waals surface area contributed by atoms with Crippen LogP contribution in [0.5, 0.6) is 5.75 Å². The molecule has 1 fully saturated rings. The molecule has 0 amide bonds. The lowest BCUT2D eigenvalue weighted by atomic mass is 9.92. The Balaban J connectivity index is 0.00000162. The van der Waals surface area contributed by atoms with Crippen LogP contribution in [0.4, 0.5) is 0 Å². The van der Waals surface area contributed by atoms with Crippen LogP contribution in [0.2, 0.25) is 0 Å². The van der Waals surface area contributed by atoms with Gasteiger partial charge in [0.15, 0.2) is 0 Å². The number of hydrogen-bond acceptors (Lipinski definition) is 3. The third kappa shape index (κ3) is 3.72. The maximum absolute atomic E-state index is 10.9. The number of esters is 1. The highest BCUT2D eigenvalue weighted by Crippen LogP contribution is 2.34. The van der Waals surface area contributed by atoms with E-state index in [4.69, 9.17) is 10.5 Å². The zero-order valence-corrected chi connectivity index (χ0v) is 11.4. The van der Waals surface area contributed by atoms with Crippen molar-refractivity contribution in [3.05, 3.63) is 29.8 Å². The highest BCUT2D eigenvalue weighted by molar-refractivity contribution is 5.85. The van der Waals surface area contributed by atoms with E-state index in [9.17, 15) is 4.79 Å². The van der Waals surface area contributed by atoms with Gasteiger partial charge in [-0.15, -0.1) is 12.4 Å². The summed E-state index contributed by atoms with van der Waals surface area (Å²) in [7, 11) is 0. The van der Waals surface area contributed by atoms with Crippen LogP contribution in [0.3, 0.4) is 0 Å². The highest BCUT2D eigenvalue weighted by atomic mass is 35.5. The van der Waals surface area contributed by atoms with Crippen molar-refractivity contribution in [2.24, 2.45) is 11.7 Å². The first-order valence-corrected chi connectivity index (χ1v) is 6.21. The predicted molar refractivity (Wildman–Crippen MR) is 73.9 cm³/mol.